The second-order valence-electron chi connectivity index (χ2n) is 9.08. The van der Waals surface area contributed by atoms with Crippen LogP contribution in [0.1, 0.15) is 51.8 Å². The highest BCUT2D eigenvalue weighted by molar-refractivity contribution is 6.29. The molecule has 9 heteroatoms. The number of hydrogen-bond donors (Lipinski definition) is 2. The van der Waals surface area contributed by atoms with E-state index < -0.39 is 6.09 Å². The molecule has 0 spiro atoms. The van der Waals surface area contributed by atoms with E-state index in [9.17, 15) is 9.90 Å². The molecule has 8 nitrogen and oxygen atoms in total. The van der Waals surface area contributed by atoms with Crippen LogP contribution in [0.15, 0.2) is 12.1 Å². The van der Waals surface area contributed by atoms with Crippen molar-refractivity contribution in [3.05, 3.63) is 23.0 Å². The first kappa shape index (κ1) is 20.2. The van der Waals surface area contributed by atoms with E-state index >= 15 is 0 Å². The predicted molar refractivity (Wildman–Crippen MR) is 113 cm³/mol. The summed E-state index contributed by atoms with van der Waals surface area (Å²) >= 11 is 6.34. The zero-order valence-electron chi connectivity index (χ0n) is 17.2. The monoisotopic (exact) mass is 420 g/mol. The minimum absolute atomic E-state index is 0.134. The fraction of sp³-hybridized carbons (Fsp3) is 0.650. The first-order valence-corrected chi connectivity index (χ1v) is 10.7. The number of nitrogens with zero attached hydrogens (tertiary/aromatic N) is 5. The number of piperidine rings is 1. The van der Waals surface area contributed by atoms with Crippen molar-refractivity contribution in [2.45, 2.75) is 52.1 Å². The fourth-order valence-electron chi connectivity index (χ4n) is 4.41. The van der Waals surface area contributed by atoms with E-state index in [4.69, 9.17) is 16.7 Å². The predicted octanol–water partition coefficient (Wildman–Crippen LogP) is 3.41. The lowest BCUT2D eigenvalue weighted by Gasteiger charge is -2.46. The molecule has 0 bridgehead atoms. The Morgan fingerprint density at radius 3 is 2.72 bits per heavy atom. The first-order chi connectivity index (χ1) is 13.7. The minimum Gasteiger partial charge on any atom is -0.465 e. The molecule has 29 heavy (non-hydrogen) atoms. The van der Waals surface area contributed by atoms with Crippen LogP contribution < -0.4 is 10.2 Å². The van der Waals surface area contributed by atoms with Gasteiger partial charge in [-0.25, -0.2) is 9.78 Å². The van der Waals surface area contributed by atoms with Crippen LogP contribution in [-0.2, 0) is 0 Å². The molecular formula is C20H29ClN6O2. The molecule has 2 N–H and O–H groups in total. The summed E-state index contributed by atoms with van der Waals surface area (Å²) in [6.45, 7) is 8.85. The van der Waals surface area contributed by atoms with Crippen LogP contribution in [0.25, 0.3) is 5.65 Å². The van der Waals surface area contributed by atoms with Crippen LogP contribution in [-0.4, -0.2) is 62.9 Å². The lowest BCUT2D eigenvalue weighted by Crippen LogP contribution is -2.59. The van der Waals surface area contributed by atoms with Crippen molar-refractivity contribution in [1.29, 1.82) is 0 Å². The maximum Gasteiger partial charge on any atom is 0.407 e. The molecule has 2 fully saturated rings. The molecule has 0 saturated carbocycles. The molecule has 2 aromatic heterocycles. The van der Waals surface area contributed by atoms with Gasteiger partial charge in [-0.2, -0.15) is 9.61 Å². The smallest absolute Gasteiger partial charge is 0.407 e. The Morgan fingerprint density at radius 1 is 1.28 bits per heavy atom. The number of amides is 1. The molecule has 2 aliphatic rings. The van der Waals surface area contributed by atoms with E-state index in [1.807, 2.05) is 16.6 Å². The van der Waals surface area contributed by atoms with E-state index in [1.54, 1.807) is 4.90 Å². The van der Waals surface area contributed by atoms with Gasteiger partial charge in [0.05, 0.1) is 17.8 Å². The summed E-state index contributed by atoms with van der Waals surface area (Å²) in [5, 5.41) is 18.5. The van der Waals surface area contributed by atoms with Gasteiger partial charge in [-0.3, -0.25) is 0 Å². The Balaban J connectivity index is 1.69. The molecule has 158 valence electrons. The second-order valence-corrected chi connectivity index (χ2v) is 9.47. The van der Waals surface area contributed by atoms with Crippen LogP contribution in [0, 0.1) is 5.41 Å². The Labute approximate surface area is 175 Å². The van der Waals surface area contributed by atoms with Gasteiger partial charge in [0, 0.05) is 31.8 Å². The van der Waals surface area contributed by atoms with Gasteiger partial charge in [-0.05, 0) is 24.8 Å². The Morgan fingerprint density at radius 2 is 2.07 bits per heavy atom. The number of rotatable bonds is 2. The molecule has 0 aromatic carbocycles. The largest absolute Gasteiger partial charge is 0.465 e. The van der Waals surface area contributed by atoms with Crippen LogP contribution in [0.2, 0.25) is 5.15 Å². The second kappa shape index (κ2) is 7.65. The Hall–Kier alpha value is -2.06. The number of halogens is 1. The molecular weight excluding hydrogens is 392 g/mol. The summed E-state index contributed by atoms with van der Waals surface area (Å²) in [7, 11) is 0. The average molecular weight is 421 g/mol. The Bertz CT molecular complexity index is 902. The standard InChI is InChI=1S/C20H29ClN6O2/c1-20(2,3)15-12-25(8-9-26(15)19(28)29)18-11-16(21)23-17-10-14(24-27(17)18)13-6-4-5-7-22-13/h10-11,13,15,22H,4-9,12H2,1-3H3,(H,28,29). The van der Waals surface area contributed by atoms with Crippen LogP contribution in [0.5, 0.6) is 0 Å². The van der Waals surface area contributed by atoms with E-state index in [1.165, 1.54) is 12.8 Å². The van der Waals surface area contributed by atoms with Crippen molar-refractivity contribution in [3.8, 4) is 0 Å². The summed E-state index contributed by atoms with van der Waals surface area (Å²) in [4.78, 5) is 19.9. The number of anilines is 1. The molecule has 2 unspecified atom stereocenters. The Kier molecular flexibility index (Phi) is 5.33. The third-order valence-corrected chi connectivity index (χ3v) is 6.21. The number of hydrogen-bond acceptors (Lipinski definition) is 5. The van der Waals surface area contributed by atoms with Crippen LogP contribution in [0.4, 0.5) is 10.6 Å². The van der Waals surface area contributed by atoms with Gasteiger partial charge in [0.15, 0.2) is 5.65 Å². The van der Waals surface area contributed by atoms with Crippen LogP contribution >= 0.6 is 11.6 Å². The fourth-order valence-corrected chi connectivity index (χ4v) is 4.59. The van der Waals surface area contributed by atoms with E-state index in [-0.39, 0.29) is 17.5 Å². The number of aromatic nitrogens is 3. The number of carbonyl (C=O) groups is 1. The number of nitrogens with one attached hydrogen (secondary N) is 1. The van der Waals surface area contributed by atoms with Crippen LogP contribution in [0.3, 0.4) is 0 Å². The summed E-state index contributed by atoms with van der Waals surface area (Å²) in [6, 6.07) is 3.94. The van der Waals surface area contributed by atoms with Gasteiger partial charge in [-0.1, -0.05) is 38.8 Å². The normalized spacial score (nSPS) is 23.6. The average Bonchev–Trinajstić information content (AvgIpc) is 3.10. The lowest BCUT2D eigenvalue weighted by atomic mass is 9.84. The summed E-state index contributed by atoms with van der Waals surface area (Å²) < 4.78 is 1.85. The number of piperazine rings is 1. The van der Waals surface area contributed by atoms with E-state index in [0.717, 1.165) is 30.1 Å². The third kappa shape index (κ3) is 4.00. The molecule has 2 atom stereocenters. The molecule has 0 aliphatic carbocycles. The van der Waals surface area contributed by atoms with Crippen molar-refractivity contribution >= 4 is 29.2 Å². The van der Waals surface area contributed by atoms with Gasteiger partial charge in [0.1, 0.15) is 11.0 Å². The number of fused-ring (bicyclic) bond motifs is 1. The highest BCUT2D eigenvalue weighted by Crippen LogP contribution is 2.32. The zero-order valence-corrected chi connectivity index (χ0v) is 18.0. The van der Waals surface area contributed by atoms with E-state index in [0.29, 0.717) is 24.8 Å². The molecule has 2 saturated heterocycles. The number of carboxylic acid groups (broad SMARTS) is 1. The molecule has 2 aliphatic heterocycles. The van der Waals surface area contributed by atoms with Gasteiger partial charge >= 0.3 is 6.09 Å². The molecule has 4 rings (SSSR count). The topological polar surface area (TPSA) is 86.0 Å². The summed E-state index contributed by atoms with van der Waals surface area (Å²) in [5.74, 6) is 0.862. The van der Waals surface area contributed by atoms with Crippen molar-refractivity contribution in [2.75, 3.05) is 31.1 Å². The van der Waals surface area contributed by atoms with Gasteiger partial charge < -0.3 is 20.2 Å². The molecule has 4 heterocycles. The van der Waals surface area contributed by atoms with Gasteiger partial charge in [0.25, 0.3) is 0 Å². The van der Waals surface area contributed by atoms with E-state index in [2.05, 4.69) is 36.0 Å². The first-order valence-electron chi connectivity index (χ1n) is 10.3. The summed E-state index contributed by atoms with van der Waals surface area (Å²) in [5.41, 5.74) is 1.52. The quantitative estimate of drug-likeness (QED) is 0.724. The maximum absolute atomic E-state index is 11.8. The molecule has 0 radical (unpaired) electrons. The lowest BCUT2D eigenvalue weighted by molar-refractivity contribution is 0.0746. The van der Waals surface area contributed by atoms with Crippen molar-refractivity contribution < 1.29 is 9.90 Å². The summed E-state index contributed by atoms with van der Waals surface area (Å²) in [6.07, 6.45) is 2.58. The molecule has 2 aromatic rings. The highest BCUT2D eigenvalue weighted by atomic mass is 35.5. The minimum atomic E-state index is -0.868. The van der Waals surface area contributed by atoms with Gasteiger partial charge in [0.2, 0.25) is 0 Å². The maximum atomic E-state index is 11.8. The van der Waals surface area contributed by atoms with Gasteiger partial charge in [-0.15, -0.1) is 0 Å². The SMILES string of the molecule is CC(C)(C)C1CN(c2cc(Cl)nc3cc(C4CCCCN4)nn23)CCN1C(=O)O. The molecule has 1 amide bonds. The van der Waals surface area contributed by atoms with Crippen molar-refractivity contribution in [2.24, 2.45) is 5.41 Å². The van der Waals surface area contributed by atoms with Crippen molar-refractivity contribution in [1.82, 2.24) is 24.8 Å². The highest BCUT2D eigenvalue weighted by Gasteiger charge is 2.38. The zero-order chi connectivity index (χ0) is 20.8. The third-order valence-electron chi connectivity index (χ3n) is 6.01. The van der Waals surface area contributed by atoms with Crippen molar-refractivity contribution in [3.63, 3.8) is 0 Å².